The fourth-order valence-electron chi connectivity index (χ4n) is 3.66. The van der Waals surface area contributed by atoms with Crippen LogP contribution in [0.3, 0.4) is 0 Å². The molecule has 0 heterocycles. The topological polar surface area (TPSA) is 0 Å². The van der Waals surface area contributed by atoms with Crippen LogP contribution in [-0.4, -0.2) is 0 Å². The Hall–Kier alpha value is -3.07. The summed E-state index contributed by atoms with van der Waals surface area (Å²) >= 11 is 0. The molecule has 4 aromatic rings. The zero-order valence-electron chi connectivity index (χ0n) is 16.2. The fourth-order valence-corrected chi connectivity index (χ4v) is 3.66. The van der Waals surface area contributed by atoms with Gasteiger partial charge in [0.1, 0.15) is 17.5 Å². The molecule has 3 heteroatoms. The van der Waals surface area contributed by atoms with Crippen molar-refractivity contribution in [3.05, 3.63) is 107 Å². The highest BCUT2D eigenvalue weighted by Gasteiger charge is 2.12. The quantitative estimate of drug-likeness (QED) is 0.336. The first kappa shape index (κ1) is 19.3. The molecule has 0 bridgehead atoms. The zero-order valence-corrected chi connectivity index (χ0v) is 16.2. The molecule has 0 amide bonds. The Morgan fingerprint density at radius 3 is 1.93 bits per heavy atom. The van der Waals surface area contributed by atoms with E-state index < -0.39 is 17.5 Å². The van der Waals surface area contributed by atoms with Gasteiger partial charge in [-0.2, -0.15) is 0 Å². The van der Waals surface area contributed by atoms with Crippen molar-refractivity contribution in [3.63, 3.8) is 0 Å². The second kappa shape index (κ2) is 8.12. The van der Waals surface area contributed by atoms with E-state index in [1.54, 1.807) is 18.2 Å². The van der Waals surface area contributed by atoms with E-state index in [4.69, 9.17) is 0 Å². The van der Waals surface area contributed by atoms with Crippen LogP contribution in [0, 0.1) is 17.5 Å². The predicted molar refractivity (Wildman–Crippen MR) is 112 cm³/mol. The van der Waals surface area contributed by atoms with E-state index >= 15 is 4.39 Å². The van der Waals surface area contributed by atoms with Gasteiger partial charge in [-0.25, -0.2) is 13.2 Å². The molecule has 0 aliphatic heterocycles. The maximum absolute atomic E-state index is 15.0. The van der Waals surface area contributed by atoms with E-state index in [2.05, 4.69) is 31.2 Å². The highest BCUT2D eigenvalue weighted by molar-refractivity contribution is 5.88. The molecular weight excluding hydrogens is 369 g/mol. The van der Waals surface area contributed by atoms with Crippen LogP contribution in [0.1, 0.15) is 23.6 Å². The predicted octanol–water partition coefficient (Wildman–Crippen LogP) is 7.27. The van der Waals surface area contributed by atoms with Crippen LogP contribution in [0.4, 0.5) is 13.2 Å². The number of benzene rings is 4. The normalized spacial score (nSPS) is 11.2. The smallest absolute Gasteiger partial charge is 0.138 e. The van der Waals surface area contributed by atoms with Crippen molar-refractivity contribution in [1.29, 1.82) is 0 Å². The van der Waals surface area contributed by atoms with Gasteiger partial charge in [-0.1, -0.05) is 61.5 Å². The minimum atomic E-state index is -0.721. The van der Waals surface area contributed by atoms with E-state index in [9.17, 15) is 8.78 Å². The Bertz CT molecular complexity index is 1140. The van der Waals surface area contributed by atoms with E-state index in [1.807, 2.05) is 12.1 Å². The molecule has 0 aromatic heterocycles. The van der Waals surface area contributed by atoms with Gasteiger partial charge in [-0.3, -0.25) is 0 Å². The molecule has 0 nitrogen and oxygen atoms in total. The van der Waals surface area contributed by atoms with Gasteiger partial charge >= 0.3 is 0 Å². The Balaban J connectivity index is 1.59. The molecule has 29 heavy (non-hydrogen) atoms. The monoisotopic (exact) mass is 390 g/mol. The van der Waals surface area contributed by atoms with Crippen molar-refractivity contribution in [2.45, 2.75) is 26.2 Å². The van der Waals surface area contributed by atoms with Crippen LogP contribution >= 0.6 is 0 Å². The van der Waals surface area contributed by atoms with Crippen molar-refractivity contribution >= 4 is 10.8 Å². The molecule has 0 fully saturated rings. The van der Waals surface area contributed by atoms with E-state index in [0.717, 1.165) is 48.4 Å². The maximum atomic E-state index is 15.0. The molecule has 0 saturated heterocycles. The van der Waals surface area contributed by atoms with Gasteiger partial charge in [0.2, 0.25) is 0 Å². The van der Waals surface area contributed by atoms with Gasteiger partial charge < -0.3 is 0 Å². The van der Waals surface area contributed by atoms with E-state index in [1.165, 1.54) is 11.1 Å². The highest BCUT2D eigenvalue weighted by Crippen LogP contribution is 2.30. The van der Waals surface area contributed by atoms with Crippen LogP contribution in [0.25, 0.3) is 21.9 Å². The third kappa shape index (κ3) is 4.19. The lowest BCUT2D eigenvalue weighted by Gasteiger charge is -2.10. The second-order valence-corrected chi connectivity index (χ2v) is 7.31. The van der Waals surface area contributed by atoms with Gasteiger partial charge in [-0.15, -0.1) is 0 Å². The van der Waals surface area contributed by atoms with Crippen LogP contribution in [-0.2, 0) is 19.3 Å². The average Bonchev–Trinajstić information content (AvgIpc) is 2.72. The second-order valence-electron chi connectivity index (χ2n) is 7.31. The minimum absolute atomic E-state index is 0.194. The molecule has 0 spiro atoms. The lowest BCUT2D eigenvalue weighted by Crippen LogP contribution is -1.94. The molecule has 4 aromatic carbocycles. The number of halogens is 3. The van der Waals surface area contributed by atoms with Crippen LogP contribution in [0.5, 0.6) is 0 Å². The van der Waals surface area contributed by atoms with Gasteiger partial charge in [0.05, 0.1) is 0 Å². The Morgan fingerprint density at radius 2 is 1.24 bits per heavy atom. The fraction of sp³-hybridized carbons (Fsp3) is 0.154. The van der Waals surface area contributed by atoms with Gasteiger partial charge in [0.15, 0.2) is 0 Å². The largest absolute Gasteiger partial charge is 0.207 e. The Morgan fingerprint density at radius 1 is 0.621 bits per heavy atom. The van der Waals surface area contributed by atoms with Gasteiger partial charge in [0.25, 0.3) is 0 Å². The summed E-state index contributed by atoms with van der Waals surface area (Å²) in [6, 6.07) is 20.7. The van der Waals surface area contributed by atoms with Crippen LogP contribution in [0.15, 0.2) is 72.8 Å². The third-order valence-corrected chi connectivity index (χ3v) is 5.33. The average molecular weight is 390 g/mol. The molecule has 0 unspecified atom stereocenters. The summed E-state index contributed by atoms with van der Waals surface area (Å²) in [6.07, 6.45) is 2.80. The highest BCUT2D eigenvalue weighted by atomic mass is 19.1. The van der Waals surface area contributed by atoms with Crippen molar-refractivity contribution in [2.75, 3.05) is 0 Å². The van der Waals surface area contributed by atoms with E-state index in [0.29, 0.717) is 5.39 Å². The summed E-state index contributed by atoms with van der Waals surface area (Å²) in [5, 5.41) is 1.23. The molecule has 4 rings (SSSR count). The lowest BCUT2D eigenvalue weighted by atomic mass is 9.97. The summed E-state index contributed by atoms with van der Waals surface area (Å²) in [4.78, 5) is 0. The first-order valence-electron chi connectivity index (χ1n) is 9.79. The van der Waals surface area contributed by atoms with Crippen LogP contribution in [0.2, 0.25) is 0 Å². The number of rotatable bonds is 5. The summed E-state index contributed by atoms with van der Waals surface area (Å²) in [7, 11) is 0. The number of fused-ring (bicyclic) bond motifs is 1. The first-order valence-corrected chi connectivity index (χ1v) is 9.79. The summed E-state index contributed by atoms with van der Waals surface area (Å²) in [6.45, 7) is 2.14. The minimum Gasteiger partial charge on any atom is -0.207 e. The summed E-state index contributed by atoms with van der Waals surface area (Å²) in [5.41, 5.74) is 4.11. The Kier molecular flexibility index (Phi) is 5.39. The van der Waals surface area contributed by atoms with Crippen molar-refractivity contribution in [2.24, 2.45) is 0 Å². The number of aryl methyl sites for hydroxylation is 3. The van der Waals surface area contributed by atoms with Gasteiger partial charge in [0, 0.05) is 17.0 Å². The van der Waals surface area contributed by atoms with Crippen molar-refractivity contribution < 1.29 is 13.2 Å². The number of hydrogen-bond donors (Lipinski definition) is 0. The summed E-state index contributed by atoms with van der Waals surface area (Å²) in [5.74, 6) is -1.90. The molecule has 146 valence electrons. The summed E-state index contributed by atoms with van der Waals surface area (Å²) < 4.78 is 42.1. The zero-order chi connectivity index (χ0) is 20.4. The molecular formula is C26H21F3. The maximum Gasteiger partial charge on any atom is 0.138 e. The first-order chi connectivity index (χ1) is 14.0. The van der Waals surface area contributed by atoms with E-state index in [-0.39, 0.29) is 11.1 Å². The standard InChI is InChI=1S/C26H21F3/c1-2-17-3-5-18(6-4-17)7-8-19-9-11-24-20(13-19)10-12-25(26(24)29)21-14-22(27)16-23(28)15-21/h3-6,9-16H,2,7-8H2,1H3. The van der Waals surface area contributed by atoms with Crippen molar-refractivity contribution in [1.82, 2.24) is 0 Å². The SMILES string of the molecule is CCc1ccc(CCc2ccc3c(F)c(-c4cc(F)cc(F)c4)ccc3c2)cc1. The molecule has 0 radical (unpaired) electrons. The number of hydrogen-bond acceptors (Lipinski definition) is 0. The van der Waals surface area contributed by atoms with Crippen LogP contribution < -0.4 is 0 Å². The van der Waals surface area contributed by atoms with Gasteiger partial charge in [-0.05, 0) is 59.0 Å². The Labute approximate surface area is 168 Å². The molecule has 0 aliphatic rings. The molecule has 0 N–H and O–H groups in total. The molecule has 0 aliphatic carbocycles. The lowest BCUT2D eigenvalue weighted by molar-refractivity contribution is 0.583. The molecule has 0 atom stereocenters. The van der Waals surface area contributed by atoms with Crippen molar-refractivity contribution in [3.8, 4) is 11.1 Å². The molecule has 0 saturated carbocycles. The third-order valence-electron chi connectivity index (χ3n) is 5.33.